The van der Waals surface area contributed by atoms with Crippen LogP contribution < -0.4 is 5.32 Å². The van der Waals surface area contributed by atoms with Crippen LogP contribution in [0.3, 0.4) is 0 Å². The van der Waals surface area contributed by atoms with Crippen molar-refractivity contribution in [3.8, 4) is 11.3 Å². The van der Waals surface area contributed by atoms with Crippen LogP contribution in [0.25, 0.3) is 11.3 Å². The molecule has 0 saturated carbocycles. The van der Waals surface area contributed by atoms with Crippen molar-refractivity contribution in [2.45, 2.75) is 13.5 Å². The van der Waals surface area contributed by atoms with Crippen molar-refractivity contribution in [3.05, 3.63) is 89.7 Å². The van der Waals surface area contributed by atoms with E-state index in [1.807, 2.05) is 49.4 Å². The zero-order chi connectivity index (χ0) is 18.6. The van der Waals surface area contributed by atoms with Crippen LogP contribution in [0.5, 0.6) is 0 Å². The van der Waals surface area contributed by atoms with Crippen LogP contribution in [0, 0.1) is 6.92 Å². The number of benzene rings is 2. The Morgan fingerprint density at radius 3 is 2.63 bits per heavy atom. The first-order valence-electron chi connectivity index (χ1n) is 8.60. The van der Waals surface area contributed by atoms with Gasteiger partial charge in [0.05, 0.1) is 12.7 Å². The van der Waals surface area contributed by atoms with Crippen LogP contribution in [0.4, 0.5) is 5.82 Å². The van der Waals surface area contributed by atoms with Crippen molar-refractivity contribution in [1.82, 2.24) is 14.9 Å². The fraction of sp³-hybridized carbons (Fsp3) is 0.0952. The highest BCUT2D eigenvalue weighted by Gasteiger charge is 2.15. The molecule has 4 aromatic rings. The Morgan fingerprint density at radius 2 is 1.85 bits per heavy atom. The molecule has 0 spiro atoms. The third kappa shape index (κ3) is 3.79. The Kier molecular flexibility index (Phi) is 4.53. The zero-order valence-corrected chi connectivity index (χ0v) is 14.8. The molecule has 27 heavy (non-hydrogen) atoms. The second-order valence-corrected chi connectivity index (χ2v) is 6.26. The lowest BCUT2D eigenvalue weighted by molar-refractivity contribution is 0.101. The fourth-order valence-corrected chi connectivity index (χ4v) is 2.73. The van der Waals surface area contributed by atoms with E-state index in [0.29, 0.717) is 18.1 Å². The summed E-state index contributed by atoms with van der Waals surface area (Å²) in [5.74, 6) is 0.810. The van der Waals surface area contributed by atoms with Gasteiger partial charge in [0.25, 0.3) is 5.91 Å². The first kappa shape index (κ1) is 16.8. The minimum atomic E-state index is -0.341. The number of hydrogen-bond donors (Lipinski definition) is 1. The van der Waals surface area contributed by atoms with E-state index < -0.39 is 0 Å². The number of hydrogen-bond acceptors (Lipinski definition) is 4. The van der Waals surface area contributed by atoms with E-state index in [1.165, 1.54) is 5.56 Å². The molecule has 2 aromatic heterocycles. The molecule has 1 N–H and O–H groups in total. The molecule has 1 amide bonds. The van der Waals surface area contributed by atoms with Crippen LogP contribution in [0.2, 0.25) is 0 Å². The monoisotopic (exact) mass is 358 g/mol. The van der Waals surface area contributed by atoms with E-state index in [-0.39, 0.29) is 11.6 Å². The van der Waals surface area contributed by atoms with Crippen molar-refractivity contribution in [1.29, 1.82) is 0 Å². The first-order valence-corrected chi connectivity index (χ1v) is 8.60. The average Bonchev–Trinajstić information content (AvgIpc) is 3.34. The number of rotatable bonds is 5. The second-order valence-electron chi connectivity index (χ2n) is 6.26. The molecule has 0 radical (unpaired) electrons. The normalized spacial score (nSPS) is 10.7. The highest BCUT2D eigenvalue weighted by Crippen LogP contribution is 2.20. The zero-order valence-electron chi connectivity index (χ0n) is 14.8. The number of nitrogens with zero attached hydrogens (tertiary/aromatic N) is 3. The van der Waals surface area contributed by atoms with Crippen LogP contribution in [0.1, 0.15) is 21.6 Å². The predicted octanol–water partition coefficient (Wildman–Crippen LogP) is 4.15. The molecule has 6 nitrogen and oxygen atoms in total. The largest absolute Gasteiger partial charge is 0.355 e. The van der Waals surface area contributed by atoms with Gasteiger partial charge in [-0.05, 0) is 12.5 Å². The van der Waals surface area contributed by atoms with Gasteiger partial charge >= 0.3 is 0 Å². The van der Waals surface area contributed by atoms with Gasteiger partial charge in [-0.25, -0.2) is 4.68 Å². The van der Waals surface area contributed by atoms with Crippen molar-refractivity contribution in [2.24, 2.45) is 0 Å². The van der Waals surface area contributed by atoms with Crippen LogP contribution in [-0.4, -0.2) is 20.8 Å². The fourth-order valence-electron chi connectivity index (χ4n) is 2.73. The highest BCUT2D eigenvalue weighted by atomic mass is 16.5. The molecule has 0 aliphatic rings. The van der Waals surface area contributed by atoms with Crippen molar-refractivity contribution < 1.29 is 9.32 Å². The number of nitrogens with one attached hydrogen (secondary N) is 1. The Bertz CT molecular complexity index is 1050. The van der Waals surface area contributed by atoms with Gasteiger partial charge in [-0.15, -0.1) is 0 Å². The van der Waals surface area contributed by atoms with Crippen LogP contribution in [-0.2, 0) is 6.54 Å². The summed E-state index contributed by atoms with van der Waals surface area (Å²) in [6.07, 6.45) is 1.65. The Morgan fingerprint density at radius 1 is 1.07 bits per heavy atom. The van der Waals surface area contributed by atoms with Crippen LogP contribution in [0.15, 0.2) is 77.4 Å². The second kappa shape index (κ2) is 7.29. The lowest BCUT2D eigenvalue weighted by Crippen LogP contribution is -2.16. The third-order valence-electron chi connectivity index (χ3n) is 4.21. The van der Waals surface area contributed by atoms with Gasteiger partial charge in [-0.1, -0.05) is 65.3 Å². The van der Waals surface area contributed by atoms with Crippen LogP contribution >= 0.6 is 0 Å². The summed E-state index contributed by atoms with van der Waals surface area (Å²) in [5, 5.41) is 11.0. The van der Waals surface area contributed by atoms with E-state index in [0.717, 1.165) is 11.1 Å². The molecule has 0 fully saturated rings. The van der Waals surface area contributed by atoms with E-state index in [1.54, 1.807) is 23.0 Å². The lowest BCUT2D eigenvalue weighted by atomic mass is 10.1. The number of carbonyl (C=O) groups excluding carboxylic acids is 1. The number of aryl methyl sites for hydroxylation is 1. The third-order valence-corrected chi connectivity index (χ3v) is 4.21. The Labute approximate surface area is 156 Å². The van der Waals surface area contributed by atoms with Gasteiger partial charge in [0.2, 0.25) is 0 Å². The maximum Gasteiger partial charge on any atom is 0.279 e. The number of aromatic nitrogens is 3. The van der Waals surface area contributed by atoms with Gasteiger partial charge in [0.1, 0.15) is 5.82 Å². The van der Waals surface area contributed by atoms with E-state index in [4.69, 9.17) is 4.52 Å². The lowest BCUT2D eigenvalue weighted by Gasteiger charge is -2.08. The summed E-state index contributed by atoms with van der Waals surface area (Å²) < 4.78 is 7.03. The molecule has 0 saturated heterocycles. The molecule has 2 aromatic carbocycles. The highest BCUT2D eigenvalue weighted by molar-refractivity contribution is 6.02. The summed E-state index contributed by atoms with van der Waals surface area (Å²) in [5.41, 5.74) is 3.39. The molecule has 6 heteroatoms. The van der Waals surface area contributed by atoms with Gasteiger partial charge in [0.15, 0.2) is 11.5 Å². The Balaban J connectivity index is 1.48. The molecule has 4 rings (SSSR count). The van der Waals surface area contributed by atoms with Gasteiger partial charge < -0.3 is 9.84 Å². The van der Waals surface area contributed by atoms with E-state index >= 15 is 0 Å². The molecule has 2 heterocycles. The first-order chi connectivity index (χ1) is 13.2. The van der Waals surface area contributed by atoms with E-state index in [9.17, 15) is 4.79 Å². The summed E-state index contributed by atoms with van der Waals surface area (Å²) in [7, 11) is 0. The minimum absolute atomic E-state index is 0.219. The van der Waals surface area contributed by atoms with Crippen molar-refractivity contribution >= 4 is 11.7 Å². The Hall–Kier alpha value is -3.67. The summed E-state index contributed by atoms with van der Waals surface area (Å²) in [6, 6.07) is 21.1. The predicted molar refractivity (Wildman–Crippen MR) is 102 cm³/mol. The maximum atomic E-state index is 12.5. The summed E-state index contributed by atoms with van der Waals surface area (Å²) in [4.78, 5) is 12.5. The molecular formula is C21H18N4O2. The smallest absolute Gasteiger partial charge is 0.279 e. The van der Waals surface area contributed by atoms with E-state index in [2.05, 4.69) is 27.7 Å². The maximum absolute atomic E-state index is 12.5. The number of amides is 1. The molecule has 0 aliphatic carbocycles. The van der Waals surface area contributed by atoms with Gasteiger partial charge in [-0.2, -0.15) is 5.10 Å². The standard InChI is InChI=1S/C21H18N4O2/c1-15-7-9-16(10-8-15)14-25-20(11-12-22-25)23-21(26)18-13-19(27-24-18)17-5-3-2-4-6-17/h2-13H,14H2,1H3,(H,23,26). The summed E-state index contributed by atoms with van der Waals surface area (Å²) >= 11 is 0. The molecule has 0 aliphatic heterocycles. The minimum Gasteiger partial charge on any atom is -0.355 e. The molecule has 134 valence electrons. The number of anilines is 1. The molecule has 0 unspecified atom stereocenters. The van der Waals surface area contributed by atoms with Crippen molar-refractivity contribution in [3.63, 3.8) is 0 Å². The molecule has 0 bridgehead atoms. The quantitative estimate of drug-likeness (QED) is 0.582. The van der Waals surface area contributed by atoms with Crippen molar-refractivity contribution in [2.75, 3.05) is 5.32 Å². The summed E-state index contributed by atoms with van der Waals surface area (Å²) in [6.45, 7) is 2.61. The topological polar surface area (TPSA) is 73.0 Å². The van der Waals surface area contributed by atoms with Gasteiger partial charge in [0, 0.05) is 17.7 Å². The molecule has 0 atom stereocenters. The van der Waals surface area contributed by atoms with Gasteiger partial charge in [-0.3, -0.25) is 4.79 Å². The SMILES string of the molecule is Cc1ccc(Cn2nccc2NC(=O)c2cc(-c3ccccc3)on2)cc1. The number of carbonyl (C=O) groups is 1. The molecular weight excluding hydrogens is 340 g/mol. The average molecular weight is 358 g/mol.